The fourth-order valence-electron chi connectivity index (χ4n) is 7.87. The smallest absolute Gasteiger partial charge is 0.185 e. The lowest BCUT2D eigenvalue weighted by Crippen LogP contribution is -2.58. The summed E-state index contributed by atoms with van der Waals surface area (Å²) in [6.45, 7) is 18.0. The number of likely N-dealkylation sites (tertiary alicyclic amines) is 1. The van der Waals surface area contributed by atoms with Crippen molar-refractivity contribution in [3.8, 4) is 0 Å². The number of rotatable bonds is 8. The largest absolute Gasteiger partial charge is 0.386 e. The van der Waals surface area contributed by atoms with E-state index in [9.17, 15) is 9.50 Å². The molecule has 0 saturated carbocycles. The van der Waals surface area contributed by atoms with Gasteiger partial charge >= 0.3 is 0 Å². The Balaban J connectivity index is 1.78. The lowest BCUT2D eigenvalue weighted by atomic mass is 9.75. The number of ether oxygens (including phenoxy) is 4. The third-order valence-corrected chi connectivity index (χ3v) is 10.0. The van der Waals surface area contributed by atoms with Gasteiger partial charge in [-0.2, -0.15) is 0 Å². The molecule has 0 amide bonds. The van der Waals surface area contributed by atoms with Gasteiger partial charge in [0.25, 0.3) is 0 Å². The molecular weight excluding hydrogens is 537 g/mol. The molecule has 3 saturated heterocycles. The van der Waals surface area contributed by atoms with Gasteiger partial charge in [-0.05, 0) is 97.3 Å². The molecule has 42 heavy (non-hydrogen) atoms. The SMILES string of the molecule is CO[C@]1(C)C[C@@H](C)CN(C)[C@@H](CCCN2CC[C@H](F)C2)COCC(C)(C)C[C@@H](C)[C@H]1O[C@@H]1O[C@H](C)C[C@H](N(C)C)[C@H]1O. The molecule has 0 aromatic rings. The van der Waals surface area contributed by atoms with Crippen LogP contribution >= 0.6 is 0 Å². The summed E-state index contributed by atoms with van der Waals surface area (Å²) < 4.78 is 39.5. The Morgan fingerprint density at radius 3 is 2.43 bits per heavy atom. The summed E-state index contributed by atoms with van der Waals surface area (Å²) in [5.41, 5.74) is -0.647. The highest BCUT2D eigenvalue weighted by atomic mass is 19.1. The van der Waals surface area contributed by atoms with E-state index >= 15 is 0 Å². The third-order valence-electron chi connectivity index (χ3n) is 10.0. The summed E-state index contributed by atoms with van der Waals surface area (Å²) in [5.74, 6) is 0.478. The number of aliphatic hydroxyl groups excluding tert-OH is 1. The zero-order valence-corrected chi connectivity index (χ0v) is 28.5. The molecule has 1 N–H and O–H groups in total. The molecule has 0 spiro atoms. The summed E-state index contributed by atoms with van der Waals surface area (Å²) in [4.78, 5) is 6.78. The van der Waals surface area contributed by atoms with Crippen LogP contribution in [0.3, 0.4) is 0 Å². The highest BCUT2D eigenvalue weighted by molar-refractivity contribution is 4.95. The first-order valence-corrected chi connectivity index (χ1v) is 16.5. The Morgan fingerprint density at radius 2 is 1.81 bits per heavy atom. The highest BCUT2D eigenvalue weighted by Gasteiger charge is 2.47. The van der Waals surface area contributed by atoms with Gasteiger partial charge in [-0.1, -0.05) is 27.7 Å². The minimum absolute atomic E-state index is 0.0112. The lowest BCUT2D eigenvalue weighted by molar-refractivity contribution is -0.298. The van der Waals surface area contributed by atoms with E-state index in [-0.39, 0.29) is 29.6 Å². The monoisotopic (exact) mass is 601 g/mol. The quantitative estimate of drug-likeness (QED) is 0.438. The van der Waals surface area contributed by atoms with E-state index in [1.807, 2.05) is 14.1 Å². The fourth-order valence-corrected chi connectivity index (χ4v) is 7.87. The number of alkyl halides is 1. The van der Waals surface area contributed by atoms with Crippen molar-refractivity contribution in [1.29, 1.82) is 0 Å². The first kappa shape index (κ1) is 36.1. The van der Waals surface area contributed by atoms with Crippen LogP contribution in [0.4, 0.5) is 4.39 Å². The summed E-state index contributed by atoms with van der Waals surface area (Å²) in [5, 5.41) is 11.3. The minimum atomic E-state index is -0.744. The first-order chi connectivity index (χ1) is 19.6. The van der Waals surface area contributed by atoms with Crippen LogP contribution in [-0.2, 0) is 18.9 Å². The first-order valence-electron chi connectivity index (χ1n) is 16.5. The molecule has 0 aromatic carbocycles. The van der Waals surface area contributed by atoms with Crippen LogP contribution in [-0.4, -0.2) is 136 Å². The van der Waals surface area contributed by atoms with Crippen LogP contribution in [0.1, 0.15) is 80.1 Å². The van der Waals surface area contributed by atoms with Crippen LogP contribution in [0.25, 0.3) is 0 Å². The van der Waals surface area contributed by atoms with E-state index < -0.39 is 24.2 Å². The molecule has 9 heteroatoms. The molecule has 3 rings (SSSR count). The van der Waals surface area contributed by atoms with E-state index in [1.54, 1.807) is 7.11 Å². The van der Waals surface area contributed by atoms with Gasteiger partial charge in [0.1, 0.15) is 12.3 Å². The maximum Gasteiger partial charge on any atom is 0.185 e. The summed E-state index contributed by atoms with van der Waals surface area (Å²) in [7, 11) is 8.00. The number of likely N-dealkylation sites (N-methyl/N-ethyl adjacent to an activating group) is 2. The third kappa shape index (κ3) is 10.1. The van der Waals surface area contributed by atoms with Crippen molar-refractivity contribution in [3.05, 3.63) is 0 Å². The number of aliphatic hydroxyl groups is 1. The Kier molecular flexibility index (Phi) is 13.5. The van der Waals surface area contributed by atoms with E-state index in [0.29, 0.717) is 38.1 Å². The standard InChI is InChI=1S/C33H64FN3O5/c1-23-17-33(6,39-10)30(42-31-29(38)28(35(7)8)16-25(3)41-31)24(2)18-32(4,5)22-40-21-27(36(9)19-23)12-11-14-37-15-13-26(34)20-37/h23-31,38H,11-22H2,1-10H3/t23-,24-,25-,26+,27+,28+,29-,30-,31+,33-/m1/s1. The van der Waals surface area contributed by atoms with Gasteiger partial charge in [-0.3, -0.25) is 0 Å². The van der Waals surface area contributed by atoms with E-state index in [4.69, 9.17) is 18.9 Å². The van der Waals surface area contributed by atoms with Crippen molar-refractivity contribution in [2.75, 3.05) is 67.6 Å². The molecule has 0 aliphatic carbocycles. The van der Waals surface area contributed by atoms with Crippen molar-refractivity contribution in [1.82, 2.24) is 14.7 Å². The van der Waals surface area contributed by atoms with Gasteiger partial charge in [-0.25, -0.2) is 4.39 Å². The van der Waals surface area contributed by atoms with Crippen LogP contribution in [0.15, 0.2) is 0 Å². The molecule has 0 aromatic heterocycles. The Morgan fingerprint density at radius 1 is 1.10 bits per heavy atom. The van der Waals surface area contributed by atoms with Crippen molar-refractivity contribution in [2.45, 2.75) is 129 Å². The second kappa shape index (κ2) is 15.7. The predicted octanol–water partition coefficient (Wildman–Crippen LogP) is 4.44. The average molecular weight is 602 g/mol. The molecule has 248 valence electrons. The van der Waals surface area contributed by atoms with Crippen molar-refractivity contribution in [3.63, 3.8) is 0 Å². The molecule has 8 nitrogen and oxygen atoms in total. The minimum Gasteiger partial charge on any atom is -0.386 e. The number of methoxy groups -OCH3 is 1. The fraction of sp³-hybridized carbons (Fsp3) is 1.00. The number of nitrogens with zero attached hydrogens (tertiary/aromatic N) is 3. The lowest BCUT2D eigenvalue weighted by Gasteiger charge is -2.47. The molecule has 10 atom stereocenters. The van der Waals surface area contributed by atoms with Gasteiger partial charge < -0.3 is 38.8 Å². The van der Waals surface area contributed by atoms with Crippen molar-refractivity contribution >= 4 is 0 Å². The number of hydrogen-bond acceptors (Lipinski definition) is 8. The van der Waals surface area contributed by atoms with Crippen molar-refractivity contribution in [2.24, 2.45) is 17.3 Å². The van der Waals surface area contributed by atoms with E-state index in [0.717, 1.165) is 51.7 Å². The second-order valence-corrected chi connectivity index (χ2v) is 15.2. The zero-order valence-electron chi connectivity index (χ0n) is 28.5. The van der Waals surface area contributed by atoms with E-state index in [1.165, 1.54) is 0 Å². The van der Waals surface area contributed by atoms with Crippen LogP contribution in [0, 0.1) is 17.3 Å². The Bertz CT molecular complexity index is 806. The molecule has 3 aliphatic rings. The Hall–Kier alpha value is -0.390. The number of hydrogen-bond donors (Lipinski definition) is 1. The van der Waals surface area contributed by atoms with Gasteiger partial charge in [0.05, 0.1) is 31.0 Å². The van der Waals surface area contributed by atoms with Gasteiger partial charge in [-0.15, -0.1) is 0 Å². The highest BCUT2D eigenvalue weighted by Crippen LogP contribution is 2.39. The average Bonchev–Trinajstić information content (AvgIpc) is 3.31. The molecule has 0 radical (unpaired) electrons. The Labute approximate surface area is 256 Å². The van der Waals surface area contributed by atoms with Crippen LogP contribution in [0.2, 0.25) is 0 Å². The zero-order chi connectivity index (χ0) is 31.2. The topological polar surface area (TPSA) is 66.9 Å². The molecule has 3 fully saturated rings. The molecular formula is C33H64FN3O5. The summed E-state index contributed by atoms with van der Waals surface area (Å²) in [6, 6.07) is 0.275. The van der Waals surface area contributed by atoms with Gasteiger partial charge in [0.15, 0.2) is 6.29 Å². The maximum atomic E-state index is 13.7. The number of halogens is 1. The molecule has 3 aliphatic heterocycles. The normalized spacial score (nSPS) is 41.8. The van der Waals surface area contributed by atoms with Gasteiger partial charge in [0.2, 0.25) is 0 Å². The molecule has 0 bridgehead atoms. The maximum absolute atomic E-state index is 13.7. The van der Waals surface area contributed by atoms with Crippen LogP contribution < -0.4 is 0 Å². The predicted molar refractivity (Wildman–Crippen MR) is 166 cm³/mol. The second-order valence-electron chi connectivity index (χ2n) is 15.2. The van der Waals surface area contributed by atoms with Crippen LogP contribution in [0.5, 0.6) is 0 Å². The molecule has 0 unspecified atom stereocenters. The van der Waals surface area contributed by atoms with Gasteiger partial charge in [0, 0.05) is 38.8 Å². The molecule has 3 heterocycles. The summed E-state index contributed by atoms with van der Waals surface area (Å²) >= 11 is 0. The van der Waals surface area contributed by atoms with Crippen molar-refractivity contribution < 1.29 is 28.4 Å². The van der Waals surface area contributed by atoms with E-state index in [2.05, 4.69) is 63.3 Å². The summed E-state index contributed by atoms with van der Waals surface area (Å²) in [6.07, 6.45) is 2.79.